The standard InChI is InChI=1S/C54H68Si.C26H32/c1-33(2)27-39-31-45-47(29-37-15-13-17-43(37)49(45)35-19-23-41(24-20-35)53(5,6)7)51(39)55(11,12)52-40(28-34(3)4)32-46-48(52)30-38-16-14-18-44(38)50(46)36-21-25-42(26-22-36)54(8,9)10;1-17(2)13-18-14-21-16-20-7-6-8-23(20)25(24(21)15-18)19-9-11-22(12-10-19)26(3,4)5/h19-26,29-34,51-52H,13-18,27-28H2,1-12H3;9-12,14,16-17H,6-8,13,15H2,1-5H3. The van der Waals surface area contributed by atoms with E-state index in [2.05, 4.69) is 226 Å². The van der Waals surface area contributed by atoms with E-state index in [1.807, 2.05) is 0 Å². The fourth-order valence-electron chi connectivity index (χ4n) is 16.2. The Bertz CT molecular complexity index is 3300. The average molecular weight is 1090 g/mol. The van der Waals surface area contributed by atoms with Crippen molar-refractivity contribution in [2.24, 2.45) is 17.8 Å². The lowest BCUT2D eigenvalue weighted by atomic mass is 9.84. The van der Waals surface area contributed by atoms with Gasteiger partial charge in [-0.05, 0) is 234 Å². The second-order valence-electron chi connectivity index (χ2n) is 31.2. The van der Waals surface area contributed by atoms with Gasteiger partial charge in [-0.1, -0.05) is 243 Å². The average Bonchev–Trinajstić information content (AvgIpc) is 2.30. The second kappa shape index (κ2) is 21.7. The first-order valence-corrected chi connectivity index (χ1v) is 35.4. The zero-order valence-electron chi connectivity index (χ0n) is 53.5. The van der Waals surface area contributed by atoms with E-state index in [4.69, 9.17) is 0 Å². The van der Waals surface area contributed by atoms with Crippen LogP contribution in [0.5, 0.6) is 0 Å². The van der Waals surface area contributed by atoms with Crippen LogP contribution >= 0.6 is 0 Å². The molecule has 12 rings (SSSR count). The summed E-state index contributed by atoms with van der Waals surface area (Å²) in [6.07, 6.45) is 23.9. The molecule has 424 valence electrons. The van der Waals surface area contributed by atoms with Crippen LogP contribution in [0.4, 0.5) is 0 Å². The van der Waals surface area contributed by atoms with Crippen molar-refractivity contribution in [3.8, 4) is 33.4 Å². The molecule has 0 aliphatic heterocycles. The van der Waals surface area contributed by atoms with Crippen LogP contribution in [-0.4, -0.2) is 8.07 Å². The highest BCUT2D eigenvalue weighted by molar-refractivity contribution is 6.81. The minimum absolute atomic E-state index is 0.152. The maximum absolute atomic E-state index is 2.80. The van der Waals surface area contributed by atoms with Gasteiger partial charge in [0.2, 0.25) is 0 Å². The van der Waals surface area contributed by atoms with Crippen LogP contribution in [0.2, 0.25) is 13.1 Å². The van der Waals surface area contributed by atoms with Crippen LogP contribution in [-0.2, 0) is 61.2 Å². The van der Waals surface area contributed by atoms with E-state index in [0.717, 1.165) is 12.3 Å². The first-order valence-electron chi connectivity index (χ1n) is 32.2. The molecule has 0 spiro atoms. The van der Waals surface area contributed by atoms with E-state index >= 15 is 0 Å². The molecule has 0 fully saturated rings. The van der Waals surface area contributed by atoms with E-state index in [1.54, 1.807) is 94.6 Å². The van der Waals surface area contributed by atoms with Gasteiger partial charge in [0.25, 0.3) is 0 Å². The maximum Gasteiger partial charge on any atom is 0.0722 e. The Hall–Kier alpha value is -5.24. The second-order valence-corrected chi connectivity index (χ2v) is 36.0. The van der Waals surface area contributed by atoms with E-state index in [0.29, 0.717) is 22.9 Å². The number of rotatable bonds is 11. The van der Waals surface area contributed by atoms with E-state index < -0.39 is 8.07 Å². The van der Waals surface area contributed by atoms with E-state index in [9.17, 15) is 0 Å². The predicted octanol–water partition coefficient (Wildman–Crippen LogP) is 22.3. The molecule has 2 atom stereocenters. The normalized spacial score (nSPS) is 18.1. The molecule has 0 saturated heterocycles. The van der Waals surface area contributed by atoms with Crippen molar-refractivity contribution >= 4 is 26.3 Å². The summed E-state index contributed by atoms with van der Waals surface area (Å²) < 4.78 is 0. The van der Waals surface area contributed by atoms with Gasteiger partial charge in [-0.15, -0.1) is 0 Å². The molecule has 6 aromatic carbocycles. The third kappa shape index (κ3) is 11.1. The highest BCUT2D eigenvalue weighted by Gasteiger charge is 2.50. The van der Waals surface area contributed by atoms with Crippen LogP contribution in [0, 0.1) is 17.8 Å². The Balaban J connectivity index is 0.000000221. The molecule has 0 saturated carbocycles. The van der Waals surface area contributed by atoms with Crippen LogP contribution < -0.4 is 0 Å². The van der Waals surface area contributed by atoms with Crippen molar-refractivity contribution in [1.82, 2.24) is 0 Å². The van der Waals surface area contributed by atoms with Gasteiger partial charge < -0.3 is 0 Å². The molecule has 6 aromatic rings. The van der Waals surface area contributed by atoms with Crippen molar-refractivity contribution in [3.63, 3.8) is 0 Å². The summed E-state index contributed by atoms with van der Waals surface area (Å²) in [5, 5.41) is 0. The molecular weight excluding hydrogens is 989 g/mol. The molecule has 0 heterocycles. The van der Waals surface area contributed by atoms with Crippen molar-refractivity contribution < 1.29 is 0 Å². The fraction of sp³-hybridized carbons (Fsp3) is 0.475. The molecule has 0 nitrogen and oxygen atoms in total. The van der Waals surface area contributed by atoms with Crippen LogP contribution in [0.1, 0.15) is 237 Å². The lowest BCUT2D eigenvalue weighted by Gasteiger charge is -2.41. The van der Waals surface area contributed by atoms with Gasteiger partial charge in [-0.25, -0.2) is 0 Å². The molecule has 0 radical (unpaired) electrons. The Morgan fingerprint density at radius 1 is 0.407 bits per heavy atom. The van der Waals surface area contributed by atoms with Gasteiger partial charge in [0.05, 0.1) is 8.07 Å². The Kier molecular flexibility index (Phi) is 15.5. The smallest absolute Gasteiger partial charge is 0.0679 e. The number of hydrogen-bond acceptors (Lipinski definition) is 0. The molecule has 0 amide bonds. The first kappa shape index (κ1) is 57.6. The summed E-state index contributed by atoms with van der Waals surface area (Å²) in [4.78, 5) is 0. The largest absolute Gasteiger partial charge is 0.0722 e. The molecule has 6 aliphatic carbocycles. The molecule has 2 unspecified atom stereocenters. The highest BCUT2D eigenvalue weighted by atomic mass is 28.3. The Labute approximate surface area is 493 Å². The maximum atomic E-state index is 2.80. The SMILES string of the molecule is CC(C)CC1=Cc2c(cc3c(c2-c2ccc(C(C)(C)C)cc2)CCC3)C1[Si](C)(C)C1C(CC(C)C)=Cc2c1cc1c(c2-c2ccc(C(C)(C)C)cc2)CCC1.CC(C)CC1=Cc2cc3c(c(-c4ccc(C(C)(C)C)cc4)c2C1)CCC3. The zero-order valence-corrected chi connectivity index (χ0v) is 54.5. The molecule has 0 N–H and O–H groups in total. The van der Waals surface area contributed by atoms with E-state index in [1.165, 1.54) is 116 Å². The highest BCUT2D eigenvalue weighted by Crippen LogP contribution is 2.59. The summed E-state index contributed by atoms with van der Waals surface area (Å²) in [5.41, 5.74) is 39.1. The van der Waals surface area contributed by atoms with Gasteiger partial charge in [0.15, 0.2) is 0 Å². The summed E-state index contributed by atoms with van der Waals surface area (Å²) in [6.45, 7) is 40.9. The minimum Gasteiger partial charge on any atom is -0.0679 e. The Morgan fingerprint density at radius 2 is 0.753 bits per heavy atom. The van der Waals surface area contributed by atoms with Gasteiger partial charge in [0.1, 0.15) is 0 Å². The number of aryl methyl sites for hydroxylation is 3. The summed E-state index contributed by atoms with van der Waals surface area (Å²) in [5.74, 6) is 1.99. The fourth-order valence-corrected chi connectivity index (χ4v) is 20.9. The molecule has 0 bridgehead atoms. The number of allylic oxidation sites excluding steroid dienone is 3. The molecular formula is C80H100Si. The van der Waals surface area contributed by atoms with Gasteiger partial charge in [0, 0.05) is 11.1 Å². The zero-order chi connectivity index (χ0) is 57.7. The lowest BCUT2D eigenvalue weighted by Crippen LogP contribution is -2.43. The first-order chi connectivity index (χ1) is 38.3. The predicted molar refractivity (Wildman–Crippen MR) is 357 cm³/mol. The summed E-state index contributed by atoms with van der Waals surface area (Å²) in [6, 6.07) is 36.8. The van der Waals surface area contributed by atoms with Gasteiger partial charge >= 0.3 is 0 Å². The topological polar surface area (TPSA) is 0 Å². The lowest BCUT2D eigenvalue weighted by molar-refractivity contribution is 0.590. The summed E-state index contributed by atoms with van der Waals surface area (Å²) >= 11 is 0. The summed E-state index contributed by atoms with van der Waals surface area (Å²) in [7, 11) is -2.12. The number of benzene rings is 6. The van der Waals surface area contributed by atoms with Crippen molar-refractivity contribution in [2.75, 3.05) is 0 Å². The van der Waals surface area contributed by atoms with Crippen LogP contribution in [0.25, 0.3) is 51.6 Å². The minimum atomic E-state index is -2.12. The van der Waals surface area contributed by atoms with Crippen LogP contribution in [0.3, 0.4) is 0 Å². The third-order valence-electron chi connectivity index (χ3n) is 19.8. The number of hydrogen-bond donors (Lipinski definition) is 0. The van der Waals surface area contributed by atoms with Crippen molar-refractivity contribution in [2.45, 2.75) is 228 Å². The molecule has 0 aromatic heterocycles. The molecule has 81 heavy (non-hydrogen) atoms. The van der Waals surface area contributed by atoms with Crippen molar-refractivity contribution in [3.05, 3.63) is 191 Å². The quantitative estimate of drug-likeness (QED) is 0.113. The van der Waals surface area contributed by atoms with Crippen LogP contribution in [0.15, 0.2) is 108 Å². The molecule has 6 aliphatic rings. The van der Waals surface area contributed by atoms with E-state index in [-0.39, 0.29) is 16.2 Å². The number of fused-ring (bicyclic) bond motifs is 6. The third-order valence-corrected chi connectivity index (χ3v) is 24.2. The van der Waals surface area contributed by atoms with Gasteiger partial charge in [-0.2, -0.15) is 0 Å². The Morgan fingerprint density at radius 3 is 1.11 bits per heavy atom. The monoisotopic (exact) mass is 1090 g/mol. The molecule has 1 heteroatoms. The van der Waals surface area contributed by atoms with Gasteiger partial charge in [-0.3, -0.25) is 0 Å². The van der Waals surface area contributed by atoms with Crippen molar-refractivity contribution in [1.29, 1.82) is 0 Å².